The monoisotopic (exact) mass is 275 g/mol. The molecule has 1 aliphatic rings. The largest absolute Gasteiger partial charge is 0.415 e. The molecule has 0 aliphatic carbocycles. The number of alkyl halides is 3. The van der Waals surface area contributed by atoms with E-state index < -0.39 is 25.0 Å². The number of aliphatic hydroxyl groups excluding tert-OH is 1. The highest BCUT2D eigenvalue weighted by Gasteiger charge is 2.45. The van der Waals surface area contributed by atoms with Crippen molar-refractivity contribution in [2.45, 2.75) is 24.9 Å². The molecule has 2 rings (SSSR count). The minimum atomic E-state index is -4.40. The Morgan fingerprint density at radius 2 is 1.89 bits per heavy atom. The molecule has 1 aliphatic heterocycles. The molecule has 19 heavy (non-hydrogen) atoms. The Hall–Kier alpha value is -1.11. The molecule has 1 saturated heterocycles. The predicted molar refractivity (Wildman–Crippen MR) is 63.5 cm³/mol. The highest BCUT2D eigenvalue weighted by molar-refractivity contribution is 5.14. The van der Waals surface area contributed by atoms with Crippen molar-refractivity contribution in [1.29, 1.82) is 0 Å². The van der Waals surface area contributed by atoms with Crippen LogP contribution in [-0.4, -0.2) is 48.1 Å². The van der Waals surface area contributed by atoms with Crippen LogP contribution in [0.5, 0.6) is 0 Å². The summed E-state index contributed by atoms with van der Waals surface area (Å²) in [6.45, 7) is 0.123. The van der Waals surface area contributed by atoms with E-state index in [0.29, 0.717) is 13.1 Å². The lowest BCUT2D eigenvalue weighted by Crippen LogP contribution is -2.53. The molecule has 1 heterocycles. The van der Waals surface area contributed by atoms with E-state index in [1.807, 2.05) is 30.3 Å². The van der Waals surface area contributed by atoms with E-state index in [9.17, 15) is 13.2 Å². The van der Waals surface area contributed by atoms with Crippen molar-refractivity contribution in [3.05, 3.63) is 35.9 Å². The van der Waals surface area contributed by atoms with Gasteiger partial charge in [0.25, 0.3) is 0 Å². The minimum Gasteiger partial charge on any atom is -0.394 e. The molecule has 2 atom stereocenters. The van der Waals surface area contributed by atoms with E-state index in [1.54, 1.807) is 4.90 Å². The van der Waals surface area contributed by atoms with Gasteiger partial charge in [0.2, 0.25) is 0 Å². The Morgan fingerprint density at radius 1 is 1.21 bits per heavy atom. The summed E-state index contributed by atoms with van der Waals surface area (Å²) in [5, 5.41) is 9.04. The number of rotatable bonds is 3. The average Bonchev–Trinajstić information content (AvgIpc) is 2.38. The van der Waals surface area contributed by atoms with E-state index in [2.05, 4.69) is 0 Å². The van der Waals surface area contributed by atoms with Crippen LogP contribution in [0.1, 0.15) is 5.56 Å². The summed E-state index contributed by atoms with van der Waals surface area (Å²) < 4.78 is 43.0. The lowest BCUT2D eigenvalue weighted by molar-refractivity contribution is -0.257. The number of ether oxygens (including phenoxy) is 1. The summed E-state index contributed by atoms with van der Waals surface area (Å²) in [7, 11) is 0. The molecule has 1 aromatic rings. The van der Waals surface area contributed by atoms with Crippen molar-refractivity contribution < 1.29 is 23.0 Å². The van der Waals surface area contributed by atoms with Gasteiger partial charge in [-0.25, -0.2) is 0 Å². The Kier molecular flexibility index (Phi) is 4.44. The van der Waals surface area contributed by atoms with Crippen LogP contribution in [0.2, 0.25) is 0 Å². The Balaban J connectivity index is 2.03. The van der Waals surface area contributed by atoms with Gasteiger partial charge in [-0.2, -0.15) is 13.2 Å². The van der Waals surface area contributed by atoms with Gasteiger partial charge in [0.05, 0.1) is 12.7 Å². The first-order chi connectivity index (χ1) is 8.99. The molecule has 106 valence electrons. The molecule has 0 spiro atoms. The van der Waals surface area contributed by atoms with Gasteiger partial charge in [-0.3, -0.25) is 4.90 Å². The Morgan fingerprint density at radius 3 is 2.47 bits per heavy atom. The zero-order chi connectivity index (χ0) is 13.9. The van der Waals surface area contributed by atoms with Crippen LogP contribution in [-0.2, 0) is 11.3 Å². The maximum absolute atomic E-state index is 12.7. The van der Waals surface area contributed by atoms with Crippen molar-refractivity contribution >= 4 is 0 Å². The number of nitrogens with zero attached hydrogens (tertiary/aromatic N) is 1. The van der Waals surface area contributed by atoms with Crippen LogP contribution in [0.4, 0.5) is 13.2 Å². The molecule has 0 aromatic heterocycles. The first kappa shape index (κ1) is 14.3. The van der Waals surface area contributed by atoms with Crippen molar-refractivity contribution in [2.75, 3.05) is 19.7 Å². The number of morpholine rings is 1. The maximum atomic E-state index is 12.7. The quantitative estimate of drug-likeness (QED) is 0.913. The highest BCUT2D eigenvalue weighted by Crippen LogP contribution is 2.28. The molecule has 0 radical (unpaired) electrons. The molecular weight excluding hydrogens is 259 g/mol. The fourth-order valence-electron chi connectivity index (χ4n) is 2.17. The molecule has 0 bridgehead atoms. The van der Waals surface area contributed by atoms with E-state index in [4.69, 9.17) is 9.84 Å². The third kappa shape index (κ3) is 3.92. The molecule has 0 unspecified atom stereocenters. The van der Waals surface area contributed by atoms with Gasteiger partial charge in [-0.05, 0) is 5.56 Å². The standard InChI is InChI=1S/C13H16F3NO2/c14-13(15,16)12-8-17(7-11(9-18)19-12)6-10-4-2-1-3-5-10/h1-5,11-12,18H,6-9H2/t11-,12+/m1/s1. The Labute approximate surface area is 109 Å². The summed E-state index contributed by atoms with van der Waals surface area (Å²) in [6, 6.07) is 9.29. The molecule has 0 amide bonds. The van der Waals surface area contributed by atoms with E-state index in [1.165, 1.54) is 0 Å². The predicted octanol–water partition coefficient (Wildman–Crippen LogP) is 1.81. The van der Waals surface area contributed by atoms with Crippen molar-refractivity contribution in [1.82, 2.24) is 4.90 Å². The second kappa shape index (κ2) is 5.90. The summed E-state index contributed by atoms with van der Waals surface area (Å²) in [6.07, 6.45) is -7.02. The highest BCUT2D eigenvalue weighted by atomic mass is 19.4. The van der Waals surface area contributed by atoms with Crippen LogP contribution in [0.15, 0.2) is 30.3 Å². The molecule has 1 N–H and O–H groups in total. The normalized spacial score (nSPS) is 25.5. The van der Waals surface area contributed by atoms with E-state index >= 15 is 0 Å². The lowest BCUT2D eigenvalue weighted by atomic mass is 10.1. The molecule has 1 fully saturated rings. The zero-order valence-corrected chi connectivity index (χ0v) is 10.3. The molecule has 6 heteroatoms. The van der Waals surface area contributed by atoms with Gasteiger partial charge >= 0.3 is 6.18 Å². The third-order valence-electron chi connectivity index (χ3n) is 3.06. The van der Waals surface area contributed by atoms with Crippen LogP contribution >= 0.6 is 0 Å². The first-order valence-electron chi connectivity index (χ1n) is 6.08. The van der Waals surface area contributed by atoms with Crippen LogP contribution in [0.3, 0.4) is 0 Å². The summed E-state index contributed by atoms with van der Waals surface area (Å²) in [4.78, 5) is 1.66. The Bertz CT molecular complexity index is 397. The number of benzene rings is 1. The summed E-state index contributed by atoms with van der Waals surface area (Å²) >= 11 is 0. The molecular formula is C13H16F3NO2. The lowest BCUT2D eigenvalue weighted by Gasteiger charge is -2.38. The van der Waals surface area contributed by atoms with Gasteiger partial charge in [0.15, 0.2) is 6.10 Å². The van der Waals surface area contributed by atoms with Crippen LogP contribution < -0.4 is 0 Å². The number of hydrogen-bond donors (Lipinski definition) is 1. The first-order valence-corrected chi connectivity index (χ1v) is 6.08. The number of hydrogen-bond acceptors (Lipinski definition) is 3. The molecule has 0 saturated carbocycles. The van der Waals surface area contributed by atoms with Crippen molar-refractivity contribution in [3.8, 4) is 0 Å². The van der Waals surface area contributed by atoms with E-state index in [-0.39, 0.29) is 6.54 Å². The van der Waals surface area contributed by atoms with Gasteiger partial charge in [0, 0.05) is 19.6 Å². The van der Waals surface area contributed by atoms with Gasteiger partial charge in [-0.15, -0.1) is 0 Å². The minimum absolute atomic E-state index is 0.200. The van der Waals surface area contributed by atoms with Gasteiger partial charge in [0.1, 0.15) is 0 Å². The second-order valence-electron chi connectivity index (χ2n) is 4.65. The maximum Gasteiger partial charge on any atom is 0.415 e. The smallest absolute Gasteiger partial charge is 0.394 e. The second-order valence-corrected chi connectivity index (χ2v) is 4.65. The number of halogens is 3. The summed E-state index contributed by atoms with van der Waals surface area (Å²) in [5.41, 5.74) is 0.946. The van der Waals surface area contributed by atoms with Crippen LogP contribution in [0, 0.1) is 0 Å². The third-order valence-corrected chi connectivity index (χ3v) is 3.06. The topological polar surface area (TPSA) is 32.7 Å². The summed E-state index contributed by atoms with van der Waals surface area (Å²) in [5.74, 6) is 0. The van der Waals surface area contributed by atoms with Crippen molar-refractivity contribution in [2.24, 2.45) is 0 Å². The zero-order valence-electron chi connectivity index (χ0n) is 10.3. The van der Waals surface area contributed by atoms with Gasteiger partial charge in [-0.1, -0.05) is 30.3 Å². The van der Waals surface area contributed by atoms with E-state index in [0.717, 1.165) is 5.56 Å². The average molecular weight is 275 g/mol. The molecule has 1 aromatic carbocycles. The molecule has 3 nitrogen and oxygen atoms in total. The fraction of sp³-hybridized carbons (Fsp3) is 0.538. The number of aliphatic hydroxyl groups is 1. The van der Waals surface area contributed by atoms with Crippen molar-refractivity contribution in [3.63, 3.8) is 0 Å². The van der Waals surface area contributed by atoms with Crippen LogP contribution in [0.25, 0.3) is 0 Å². The SMILES string of the molecule is OC[C@H]1CN(Cc2ccccc2)C[C@@H](C(F)(F)F)O1. The fourth-order valence-corrected chi connectivity index (χ4v) is 2.17. The van der Waals surface area contributed by atoms with Gasteiger partial charge < -0.3 is 9.84 Å².